The second kappa shape index (κ2) is 6.13. The van der Waals surface area contributed by atoms with Gasteiger partial charge in [0.05, 0.1) is 10.2 Å². The van der Waals surface area contributed by atoms with E-state index < -0.39 is 0 Å². The van der Waals surface area contributed by atoms with E-state index in [1.54, 1.807) is 4.68 Å². The Morgan fingerprint density at radius 2 is 2.00 bits per heavy atom. The van der Waals surface area contributed by atoms with Gasteiger partial charge in [0.1, 0.15) is 11.5 Å². The van der Waals surface area contributed by atoms with E-state index in [2.05, 4.69) is 59.0 Å². The number of aromatic nitrogens is 4. The zero-order valence-corrected chi connectivity index (χ0v) is 14.8. The molecule has 0 aliphatic rings. The van der Waals surface area contributed by atoms with E-state index in [4.69, 9.17) is 4.98 Å². The van der Waals surface area contributed by atoms with Gasteiger partial charge in [-0.15, -0.1) is 0 Å². The van der Waals surface area contributed by atoms with E-state index in [-0.39, 0.29) is 5.41 Å². The first-order chi connectivity index (χ1) is 9.82. The molecule has 0 unspecified atom stereocenters. The van der Waals surface area contributed by atoms with Gasteiger partial charge in [0, 0.05) is 25.2 Å². The molecule has 0 saturated heterocycles. The predicted octanol–water partition coefficient (Wildman–Crippen LogP) is 3.76. The highest BCUT2D eigenvalue weighted by molar-refractivity contribution is 9.10. The molecule has 0 aliphatic carbocycles. The minimum absolute atomic E-state index is 0.0754. The Morgan fingerprint density at radius 1 is 1.29 bits per heavy atom. The first-order valence-electron chi connectivity index (χ1n) is 7.15. The molecule has 0 atom stereocenters. The van der Waals surface area contributed by atoms with E-state index >= 15 is 0 Å². The van der Waals surface area contributed by atoms with Crippen molar-refractivity contribution in [2.75, 3.05) is 11.9 Å². The van der Waals surface area contributed by atoms with Crippen LogP contribution in [0.4, 0.5) is 5.82 Å². The number of aryl methyl sites for hydroxylation is 1. The van der Waals surface area contributed by atoms with Gasteiger partial charge < -0.3 is 5.32 Å². The Kier molecular flexibility index (Phi) is 4.66. The summed E-state index contributed by atoms with van der Waals surface area (Å²) in [4.78, 5) is 9.34. The average Bonchev–Trinajstić information content (AvgIpc) is 2.83. The lowest BCUT2D eigenvalue weighted by molar-refractivity contribution is 0.564. The van der Waals surface area contributed by atoms with Gasteiger partial charge in [-0.2, -0.15) is 5.10 Å². The first-order valence-corrected chi connectivity index (χ1v) is 7.94. The molecular weight excluding hydrogens is 330 g/mol. The van der Waals surface area contributed by atoms with Gasteiger partial charge in [0.15, 0.2) is 5.82 Å². The summed E-state index contributed by atoms with van der Waals surface area (Å²) in [6, 6.07) is 1.93. The summed E-state index contributed by atoms with van der Waals surface area (Å²) in [7, 11) is 1.89. The van der Waals surface area contributed by atoms with Crippen LogP contribution in [0, 0.1) is 0 Å². The summed E-state index contributed by atoms with van der Waals surface area (Å²) in [5.41, 5.74) is 1.69. The maximum absolute atomic E-state index is 4.72. The summed E-state index contributed by atoms with van der Waals surface area (Å²) in [6.45, 7) is 9.44. The molecule has 5 nitrogen and oxygen atoms in total. The van der Waals surface area contributed by atoms with Crippen molar-refractivity contribution < 1.29 is 0 Å². The van der Waals surface area contributed by atoms with Gasteiger partial charge in [-0.05, 0) is 28.4 Å². The molecule has 0 fully saturated rings. The van der Waals surface area contributed by atoms with Crippen LogP contribution in [-0.4, -0.2) is 26.3 Å². The Balaban J connectivity index is 2.55. The van der Waals surface area contributed by atoms with Gasteiger partial charge in [-0.1, -0.05) is 27.7 Å². The van der Waals surface area contributed by atoms with E-state index in [1.165, 1.54) is 0 Å². The summed E-state index contributed by atoms with van der Waals surface area (Å²) in [5.74, 6) is 1.49. The number of nitrogens with one attached hydrogen (secondary N) is 1. The van der Waals surface area contributed by atoms with E-state index in [0.29, 0.717) is 5.82 Å². The van der Waals surface area contributed by atoms with E-state index in [1.807, 2.05) is 19.3 Å². The number of rotatable bonds is 4. The largest absolute Gasteiger partial charge is 0.369 e. The lowest BCUT2D eigenvalue weighted by Crippen LogP contribution is -2.18. The lowest BCUT2D eigenvalue weighted by Gasteiger charge is -2.21. The molecular formula is C15H22BrN5. The highest BCUT2D eigenvalue weighted by Crippen LogP contribution is 2.34. The van der Waals surface area contributed by atoms with Crippen molar-refractivity contribution in [3.05, 3.63) is 22.4 Å². The standard InChI is InChI=1S/C15H22BrN5/c1-6-8-17-14-11(16)12(15(2,3)4)18-13(19-14)10-7-9-21(5)20-10/h7,9H,6,8H2,1-5H3,(H,17,18,19). The second-order valence-electron chi connectivity index (χ2n) is 6.11. The van der Waals surface area contributed by atoms with Crippen LogP contribution in [-0.2, 0) is 12.5 Å². The molecule has 0 aliphatic heterocycles. The third-order valence-electron chi connectivity index (χ3n) is 3.05. The Morgan fingerprint density at radius 3 is 2.52 bits per heavy atom. The van der Waals surface area contributed by atoms with Crippen LogP contribution >= 0.6 is 15.9 Å². The van der Waals surface area contributed by atoms with Gasteiger partial charge in [0.2, 0.25) is 0 Å². The molecule has 2 aromatic heterocycles. The molecule has 2 aromatic rings. The van der Waals surface area contributed by atoms with Crippen molar-refractivity contribution in [2.24, 2.45) is 7.05 Å². The molecule has 2 rings (SSSR count). The Labute approximate surface area is 134 Å². The maximum Gasteiger partial charge on any atom is 0.182 e. The molecule has 6 heteroatoms. The van der Waals surface area contributed by atoms with Crippen molar-refractivity contribution in [2.45, 2.75) is 39.5 Å². The minimum Gasteiger partial charge on any atom is -0.369 e. The summed E-state index contributed by atoms with van der Waals surface area (Å²) in [5, 5.41) is 7.76. The molecule has 0 saturated carbocycles. The SMILES string of the molecule is CCCNc1nc(-c2ccn(C)n2)nc(C(C)(C)C)c1Br. The summed E-state index contributed by atoms with van der Waals surface area (Å²) >= 11 is 3.65. The molecule has 0 bridgehead atoms. The number of halogens is 1. The fourth-order valence-corrected chi connectivity index (χ4v) is 2.87. The first kappa shape index (κ1) is 15.9. The van der Waals surface area contributed by atoms with Crippen molar-refractivity contribution in [3.8, 4) is 11.5 Å². The molecule has 0 radical (unpaired) electrons. The molecule has 21 heavy (non-hydrogen) atoms. The molecule has 2 heterocycles. The minimum atomic E-state index is -0.0754. The monoisotopic (exact) mass is 351 g/mol. The fourth-order valence-electron chi connectivity index (χ4n) is 1.95. The average molecular weight is 352 g/mol. The van der Waals surface area contributed by atoms with Gasteiger partial charge in [-0.25, -0.2) is 9.97 Å². The fraction of sp³-hybridized carbons (Fsp3) is 0.533. The van der Waals surface area contributed by atoms with Gasteiger partial charge in [0.25, 0.3) is 0 Å². The smallest absolute Gasteiger partial charge is 0.182 e. The van der Waals surface area contributed by atoms with Gasteiger partial charge in [-0.3, -0.25) is 4.68 Å². The van der Waals surface area contributed by atoms with Crippen LogP contribution < -0.4 is 5.32 Å². The number of nitrogens with zero attached hydrogens (tertiary/aromatic N) is 4. The van der Waals surface area contributed by atoms with E-state index in [0.717, 1.165) is 34.6 Å². The molecule has 114 valence electrons. The van der Waals surface area contributed by atoms with Crippen LogP contribution in [0.5, 0.6) is 0 Å². The zero-order valence-electron chi connectivity index (χ0n) is 13.2. The van der Waals surface area contributed by atoms with Crippen LogP contribution in [0.25, 0.3) is 11.5 Å². The zero-order chi connectivity index (χ0) is 15.6. The summed E-state index contributed by atoms with van der Waals surface area (Å²) in [6.07, 6.45) is 2.94. The van der Waals surface area contributed by atoms with Crippen molar-refractivity contribution in [3.63, 3.8) is 0 Å². The van der Waals surface area contributed by atoms with E-state index in [9.17, 15) is 0 Å². The molecule has 0 spiro atoms. The Bertz CT molecular complexity index is 627. The van der Waals surface area contributed by atoms with Crippen LogP contribution in [0.3, 0.4) is 0 Å². The van der Waals surface area contributed by atoms with Crippen LogP contribution in [0.1, 0.15) is 39.8 Å². The van der Waals surface area contributed by atoms with Crippen molar-refractivity contribution in [1.82, 2.24) is 19.7 Å². The third-order valence-corrected chi connectivity index (χ3v) is 3.80. The normalized spacial score (nSPS) is 11.7. The van der Waals surface area contributed by atoms with Gasteiger partial charge >= 0.3 is 0 Å². The topological polar surface area (TPSA) is 55.6 Å². The Hall–Kier alpha value is -1.43. The summed E-state index contributed by atoms with van der Waals surface area (Å²) < 4.78 is 2.69. The highest BCUT2D eigenvalue weighted by atomic mass is 79.9. The second-order valence-corrected chi connectivity index (χ2v) is 6.90. The number of anilines is 1. The maximum atomic E-state index is 4.72. The van der Waals surface area contributed by atoms with Crippen molar-refractivity contribution >= 4 is 21.7 Å². The molecule has 0 aromatic carbocycles. The number of hydrogen-bond donors (Lipinski definition) is 1. The van der Waals surface area contributed by atoms with Crippen LogP contribution in [0.15, 0.2) is 16.7 Å². The number of hydrogen-bond acceptors (Lipinski definition) is 4. The quantitative estimate of drug-likeness (QED) is 0.910. The van der Waals surface area contributed by atoms with Crippen molar-refractivity contribution in [1.29, 1.82) is 0 Å². The molecule has 0 amide bonds. The highest BCUT2D eigenvalue weighted by Gasteiger charge is 2.24. The van der Waals surface area contributed by atoms with Crippen LogP contribution in [0.2, 0.25) is 0 Å². The molecule has 1 N–H and O–H groups in total. The predicted molar refractivity (Wildman–Crippen MR) is 89.4 cm³/mol. The third kappa shape index (κ3) is 3.61. The lowest BCUT2D eigenvalue weighted by atomic mass is 9.92.